The van der Waals surface area contributed by atoms with Gasteiger partial charge in [-0.05, 0) is 6.07 Å². The Kier molecular flexibility index (Phi) is 3.92. The molecule has 1 aliphatic heterocycles. The van der Waals surface area contributed by atoms with Gasteiger partial charge in [0, 0.05) is 25.0 Å². The van der Waals surface area contributed by atoms with E-state index in [9.17, 15) is 13.6 Å². The van der Waals surface area contributed by atoms with Crippen LogP contribution in [0, 0.1) is 0 Å². The lowest BCUT2D eigenvalue weighted by Crippen LogP contribution is -2.57. The highest BCUT2D eigenvalue weighted by atomic mass is 35.5. The number of nitrogen functional groups attached to an aromatic ring is 1. The number of alkyl halides is 2. The second kappa shape index (κ2) is 5.60. The van der Waals surface area contributed by atoms with Gasteiger partial charge in [-0.25, -0.2) is 13.8 Å². The maximum atomic E-state index is 13.0. The first-order valence-electron chi connectivity index (χ1n) is 6.53. The molecule has 2 aromatic rings. The van der Waals surface area contributed by atoms with Crippen molar-refractivity contribution in [1.82, 2.24) is 14.5 Å². The normalized spacial score (nSPS) is 18.9. The van der Waals surface area contributed by atoms with Crippen molar-refractivity contribution < 1.29 is 8.78 Å². The van der Waals surface area contributed by atoms with Gasteiger partial charge in [0.15, 0.2) is 5.13 Å². The molecule has 0 amide bonds. The van der Waals surface area contributed by atoms with Crippen LogP contribution in [0.25, 0.3) is 0 Å². The molecule has 2 aromatic heterocycles. The molecule has 0 bridgehead atoms. The molecule has 1 atom stereocenters. The maximum Gasteiger partial charge on any atom is 0.272 e. The van der Waals surface area contributed by atoms with E-state index < -0.39 is 12.0 Å². The van der Waals surface area contributed by atoms with Gasteiger partial charge < -0.3 is 10.3 Å². The first kappa shape index (κ1) is 15.4. The lowest BCUT2D eigenvalue weighted by molar-refractivity contribution is -0.132. The fourth-order valence-electron chi connectivity index (χ4n) is 2.47. The zero-order chi connectivity index (χ0) is 15.9. The van der Waals surface area contributed by atoms with E-state index in [4.69, 9.17) is 17.3 Å². The van der Waals surface area contributed by atoms with Crippen LogP contribution in [0.4, 0.5) is 13.9 Å². The van der Waals surface area contributed by atoms with E-state index >= 15 is 0 Å². The van der Waals surface area contributed by atoms with Crippen LogP contribution in [-0.2, 0) is 0 Å². The quantitative estimate of drug-likeness (QED) is 0.920. The zero-order valence-electron chi connectivity index (χ0n) is 11.4. The molecular formula is C13H13ClF2N4OS. The summed E-state index contributed by atoms with van der Waals surface area (Å²) in [5, 5.41) is 0.764. The summed E-state index contributed by atoms with van der Waals surface area (Å²) in [6.45, 7) is -0.350. The number of pyridine rings is 1. The van der Waals surface area contributed by atoms with Gasteiger partial charge in [-0.15, -0.1) is 11.3 Å². The Morgan fingerprint density at radius 1 is 1.45 bits per heavy atom. The van der Waals surface area contributed by atoms with Gasteiger partial charge in [0.2, 0.25) is 0 Å². The van der Waals surface area contributed by atoms with Crippen LogP contribution < -0.4 is 11.3 Å². The van der Waals surface area contributed by atoms with Gasteiger partial charge in [0.05, 0.1) is 29.0 Å². The fourth-order valence-corrected chi connectivity index (χ4v) is 3.42. The minimum atomic E-state index is -2.66. The third-order valence-electron chi connectivity index (χ3n) is 3.45. The Morgan fingerprint density at radius 3 is 2.77 bits per heavy atom. The molecule has 0 aliphatic carbocycles. The van der Waals surface area contributed by atoms with Crippen molar-refractivity contribution in [2.45, 2.75) is 12.0 Å². The number of anilines is 1. The standard InChI is InChI=1S/C13H13ClF2N4OS/c14-8-1-2-11(21)20(4-8)9(10-3-18-12(17)22-10)5-19-6-13(15,16)7-19/h1-4,9H,5-7H2,(H2,17,18). The molecule has 5 nitrogen and oxygen atoms in total. The van der Waals surface area contributed by atoms with Crippen molar-refractivity contribution in [3.8, 4) is 0 Å². The molecular weight excluding hydrogens is 334 g/mol. The van der Waals surface area contributed by atoms with Crippen LogP contribution in [0.2, 0.25) is 5.02 Å². The highest BCUT2D eigenvalue weighted by molar-refractivity contribution is 7.15. The van der Waals surface area contributed by atoms with Crippen molar-refractivity contribution in [1.29, 1.82) is 0 Å². The zero-order valence-corrected chi connectivity index (χ0v) is 12.9. The van der Waals surface area contributed by atoms with Gasteiger partial charge in [-0.3, -0.25) is 9.69 Å². The summed E-state index contributed by atoms with van der Waals surface area (Å²) in [5.41, 5.74) is 5.39. The van der Waals surface area contributed by atoms with Crippen molar-refractivity contribution >= 4 is 28.1 Å². The highest BCUT2D eigenvalue weighted by Gasteiger charge is 2.44. The van der Waals surface area contributed by atoms with Crippen molar-refractivity contribution in [2.75, 3.05) is 25.4 Å². The Bertz CT molecular complexity index is 740. The van der Waals surface area contributed by atoms with Crippen molar-refractivity contribution in [3.05, 3.63) is 44.8 Å². The van der Waals surface area contributed by atoms with Gasteiger partial charge in [-0.2, -0.15) is 0 Å². The van der Waals surface area contributed by atoms with E-state index in [2.05, 4.69) is 4.98 Å². The molecule has 22 heavy (non-hydrogen) atoms. The number of aromatic nitrogens is 2. The Labute approximate surface area is 133 Å². The van der Waals surface area contributed by atoms with Gasteiger partial charge >= 0.3 is 0 Å². The van der Waals surface area contributed by atoms with Crippen LogP contribution >= 0.6 is 22.9 Å². The smallest absolute Gasteiger partial charge is 0.272 e. The van der Waals surface area contributed by atoms with E-state index in [0.717, 1.165) is 4.88 Å². The van der Waals surface area contributed by atoms with E-state index in [1.807, 2.05) is 0 Å². The second-order valence-electron chi connectivity index (χ2n) is 5.24. The summed E-state index contributed by atoms with van der Waals surface area (Å²) in [6, 6.07) is 2.40. The number of likely N-dealkylation sites (tertiary alicyclic amines) is 1. The van der Waals surface area contributed by atoms with Gasteiger partial charge in [-0.1, -0.05) is 11.6 Å². The molecule has 3 rings (SSSR count). The van der Waals surface area contributed by atoms with Gasteiger partial charge in [0.25, 0.3) is 11.5 Å². The molecule has 1 saturated heterocycles. The van der Waals surface area contributed by atoms with E-state index in [1.165, 1.54) is 34.2 Å². The predicted octanol–water partition coefficient (Wildman–Crippen LogP) is 2.08. The minimum Gasteiger partial charge on any atom is -0.375 e. The summed E-state index contributed by atoms with van der Waals surface area (Å²) in [4.78, 5) is 18.4. The molecule has 1 aliphatic rings. The van der Waals surface area contributed by atoms with Crippen LogP contribution in [0.15, 0.2) is 29.3 Å². The summed E-state index contributed by atoms with van der Waals surface area (Å²) in [6.07, 6.45) is 3.07. The number of nitrogens with zero attached hydrogens (tertiary/aromatic N) is 3. The SMILES string of the molecule is Nc1ncc(C(CN2CC(F)(F)C2)n2cc(Cl)ccc2=O)s1. The number of hydrogen-bond acceptors (Lipinski definition) is 5. The number of rotatable bonds is 4. The Balaban J connectivity index is 1.93. The largest absolute Gasteiger partial charge is 0.375 e. The molecule has 0 radical (unpaired) electrons. The topological polar surface area (TPSA) is 64.2 Å². The van der Waals surface area contributed by atoms with Gasteiger partial charge in [0.1, 0.15) is 0 Å². The number of hydrogen-bond donors (Lipinski definition) is 1. The van der Waals surface area contributed by atoms with Crippen LogP contribution in [-0.4, -0.2) is 40.0 Å². The molecule has 1 fully saturated rings. The van der Waals surface area contributed by atoms with Crippen molar-refractivity contribution in [2.24, 2.45) is 0 Å². The summed E-state index contributed by atoms with van der Waals surface area (Å²) in [7, 11) is 0. The number of nitrogens with two attached hydrogens (primary N) is 1. The predicted molar refractivity (Wildman–Crippen MR) is 81.8 cm³/mol. The minimum absolute atomic E-state index is 0.256. The first-order chi connectivity index (χ1) is 10.3. The second-order valence-corrected chi connectivity index (χ2v) is 6.77. The molecule has 1 unspecified atom stereocenters. The Hall–Kier alpha value is -1.51. The number of thiazole rings is 1. The third-order valence-corrected chi connectivity index (χ3v) is 4.60. The number of halogens is 3. The van der Waals surface area contributed by atoms with Crippen LogP contribution in [0.5, 0.6) is 0 Å². The maximum absolute atomic E-state index is 13.0. The summed E-state index contributed by atoms with van der Waals surface area (Å²) >= 11 is 7.18. The van der Waals surface area contributed by atoms with Crippen LogP contribution in [0.3, 0.4) is 0 Å². The molecule has 0 saturated carbocycles. The monoisotopic (exact) mass is 346 g/mol. The molecule has 9 heteroatoms. The molecule has 3 heterocycles. The third kappa shape index (κ3) is 3.13. The fraction of sp³-hybridized carbons (Fsp3) is 0.385. The van der Waals surface area contributed by atoms with E-state index in [-0.39, 0.29) is 25.2 Å². The molecule has 0 spiro atoms. The molecule has 118 valence electrons. The van der Waals surface area contributed by atoms with E-state index in [1.54, 1.807) is 11.1 Å². The van der Waals surface area contributed by atoms with Crippen LogP contribution in [0.1, 0.15) is 10.9 Å². The molecule has 0 aromatic carbocycles. The van der Waals surface area contributed by atoms with E-state index in [0.29, 0.717) is 10.2 Å². The average Bonchev–Trinajstić information content (AvgIpc) is 2.83. The summed E-state index contributed by atoms with van der Waals surface area (Å²) < 4.78 is 27.5. The summed E-state index contributed by atoms with van der Waals surface area (Å²) in [5.74, 6) is -2.66. The first-order valence-corrected chi connectivity index (χ1v) is 7.73. The molecule has 2 N–H and O–H groups in total. The lowest BCUT2D eigenvalue weighted by Gasteiger charge is -2.40. The van der Waals surface area contributed by atoms with Crippen molar-refractivity contribution in [3.63, 3.8) is 0 Å². The highest BCUT2D eigenvalue weighted by Crippen LogP contribution is 2.32. The average molecular weight is 347 g/mol. The lowest BCUT2D eigenvalue weighted by atomic mass is 10.1. The Morgan fingerprint density at radius 2 is 2.18 bits per heavy atom.